The number of ether oxygens (including phenoxy) is 1. The summed E-state index contributed by atoms with van der Waals surface area (Å²) in [6.07, 6.45) is 2.06. The fourth-order valence-corrected chi connectivity index (χ4v) is 3.69. The molecule has 3 rings (SSSR count). The Labute approximate surface area is 180 Å². The van der Waals surface area contributed by atoms with E-state index in [1.165, 1.54) is 0 Å². The van der Waals surface area contributed by atoms with Crippen LogP contribution in [0.3, 0.4) is 0 Å². The van der Waals surface area contributed by atoms with Crippen molar-refractivity contribution in [2.45, 2.75) is 39.7 Å². The van der Waals surface area contributed by atoms with Gasteiger partial charge in [0.15, 0.2) is 0 Å². The zero-order chi connectivity index (χ0) is 21.0. The number of carbonyl (C=O) groups excluding carboxylic acids is 2. The first-order valence-corrected chi connectivity index (χ1v) is 10.8. The number of anilines is 1. The lowest BCUT2D eigenvalue weighted by Gasteiger charge is -2.30. The van der Waals surface area contributed by atoms with Gasteiger partial charge in [-0.2, -0.15) is 0 Å². The van der Waals surface area contributed by atoms with Gasteiger partial charge in [-0.05, 0) is 75.1 Å². The summed E-state index contributed by atoms with van der Waals surface area (Å²) < 4.78 is 6.55. The van der Waals surface area contributed by atoms with Gasteiger partial charge in [-0.3, -0.25) is 9.59 Å². The highest BCUT2D eigenvalue weighted by Gasteiger charge is 2.21. The average Bonchev–Trinajstić information content (AvgIpc) is 2.69. The number of carbonyl (C=O) groups is 2. The molecule has 1 heterocycles. The Kier molecular flexibility index (Phi) is 6.96. The van der Waals surface area contributed by atoms with Gasteiger partial charge in [-0.1, -0.05) is 22.9 Å². The highest BCUT2D eigenvalue weighted by atomic mass is 79.9. The number of hydrogen-bond donors (Lipinski definition) is 1. The van der Waals surface area contributed by atoms with Crippen molar-refractivity contribution in [1.82, 2.24) is 4.90 Å². The van der Waals surface area contributed by atoms with Gasteiger partial charge in [-0.25, -0.2) is 0 Å². The second kappa shape index (κ2) is 9.44. The van der Waals surface area contributed by atoms with Gasteiger partial charge in [0.1, 0.15) is 5.75 Å². The van der Waals surface area contributed by atoms with Crippen LogP contribution in [-0.2, 0) is 0 Å². The molecule has 6 heteroatoms. The Morgan fingerprint density at radius 1 is 1.10 bits per heavy atom. The van der Waals surface area contributed by atoms with E-state index in [0.29, 0.717) is 28.5 Å². The molecule has 154 valence electrons. The molecule has 1 N–H and O–H groups in total. The van der Waals surface area contributed by atoms with E-state index in [0.717, 1.165) is 30.4 Å². The van der Waals surface area contributed by atoms with Gasteiger partial charge in [-0.15, -0.1) is 0 Å². The fourth-order valence-electron chi connectivity index (χ4n) is 3.33. The number of rotatable bonds is 5. The van der Waals surface area contributed by atoms with Crippen LogP contribution in [0.4, 0.5) is 5.69 Å². The van der Waals surface area contributed by atoms with Crippen LogP contribution in [0, 0.1) is 5.92 Å². The first kappa shape index (κ1) is 21.4. The summed E-state index contributed by atoms with van der Waals surface area (Å²) in [4.78, 5) is 27.3. The summed E-state index contributed by atoms with van der Waals surface area (Å²) in [6.45, 7) is 7.67. The van der Waals surface area contributed by atoms with Crippen LogP contribution in [-0.4, -0.2) is 35.9 Å². The fraction of sp³-hybridized carbons (Fsp3) is 0.391. The predicted molar refractivity (Wildman–Crippen MR) is 119 cm³/mol. The van der Waals surface area contributed by atoms with Crippen LogP contribution in [0.2, 0.25) is 0 Å². The predicted octanol–water partition coefficient (Wildman–Crippen LogP) is 5.36. The van der Waals surface area contributed by atoms with Crippen LogP contribution in [0.5, 0.6) is 5.75 Å². The summed E-state index contributed by atoms with van der Waals surface area (Å²) in [5, 5.41) is 2.89. The van der Waals surface area contributed by atoms with Crippen LogP contribution in [0.1, 0.15) is 54.3 Å². The summed E-state index contributed by atoms with van der Waals surface area (Å²) in [5.41, 5.74) is 1.73. The van der Waals surface area contributed by atoms with Crippen LogP contribution >= 0.6 is 15.9 Å². The molecule has 2 amide bonds. The lowest BCUT2D eigenvalue weighted by Crippen LogP contribution is -2.37. The van der Waals surface area contributed by atoms with E-state index in [4.69, 9.17) is 4.74 Å². The molecule has 1 aliphatic heterocycles. The number of benzene rings is 2. The second-order valence-corrected chi connectivity index (χ2v) is 8.73. The second-order valence-electron chi connectivity index (χ2n) is 7.81. The minimum Gasteiger partial charge on any atom is -0.490 e. The van der Waals surface area contributed by atoms with Gasteiger partial charge in [0.25, 0.3) is 11.8 Å². The molecule has 0 spiro atoms. The third-order valence-electron chi connectivity index (χ3n) is 5.01. The number of halogens is 1. The standard InChI is InChI=1S/C23H27BrN2O3/c1-15(2)29-21-9-6-18(24)14-20(21)22(27)25-19-7-4-17(5-8-19)23(28)26-12-10-16(3)11-13-26/h4-9,14-16H,10-13H2,1-3H3,(H,25,27). The largest absolute Gasteiger partial charge is 0.490 e. The summed E-state index contributed by atoms with van der Waals surface area (Å²) in [5.74, 6) is 1.01. The quantitative estimate of drug-likeness (QED) is 0.655. The SMILES string of the molecule is CC1CCN(C(=O)c2ccc(NC(=O)c3cc(Br)ccc3OC(C)C)cc2)CC1. The molecule has 0 radical (unpaired) electrons. The molecule has 5 nitrogen and oxygen atoms in total. The Bertz CT molecular complexity index is 872. The van der Waals surface area contributed by atoms with Gasteiger partial charge < -0.3 is 15.0 Å². The number of piperidine rings is 1. The summed E-state index contributed by atoms with van der Waals surface area (Å²) >= 11 is 3.41. The van der Waals surface area contributed by atoms with Crippen molar-refractivity contribution >= 4 is 33.4 Å². The molecule has 0 atom stereocenters. The minimum absolute atomic E-state index is 0.0363. The van der Waals surface area contributed by atoms with Gasteiger partial charge in [0.2, 0.25) is 0 Å². The zero-order valence-corrected chi connectivity index (χ0v) is 18.7. The molecule has 0 unspecified atom stereocenters. The van der Waals surface area contributed by atoms with Crippen LogP contribution < -0.4 is 10.1 Å². The number of nitrogens with zero attached hydrogens (tertiary/aromatic N) is 1. The average molecular weight is 459 g/mol. The molecule has 1 saturated heterocycles. The minimum atomic E-state index is -0.258. The van der Waals surface area contributed by atoms with E-state index in [-0.39, 0.29) is 17.9 Å². The van der Waals surface area contributed by atoms with Gasteiger partial charge in [0.05, 0.1) is 11.7 Å². The first-order chi connectivity index (χ1) is 13.8. The number of amides is 2. The molecule has 2 aromatic carbocycles. The Hall–Kier alpha value is -2.34. The Morgan fingerprint density at radius 2 is 1.76 bits per heavy atom. The lowest BCUT2D eigenvalue weighted by molar-refractivity contribution is 0.0697. The molecule has 0 saturated carbocycles. The van der Waals surface area contributed by atoms with E-state index in [1.54, 1.807) is 36.4 Å². The molecular formula is C23H27BrN2O3. The number of hydrogen-bond acceptors (Lipinski definition) is 3. The number of likely N-dealkylation sites (tertiary alicyclic amines) is 1. The van der Waals surface area contributed by atoms with Crippen molar-refractivity contribution in [3.8, 4) is 5.75 Å². The van der Waals surface area contributed by atoms with E-state index in [9.17, 15) is 9.59 Å². The molecular weight excluding hydrogens is 432 g/mol. The van der Waals surface area contributed by atoms with Crippen molar-refractivity contribution in [3.63, 3.8) is 0 Å². The highest BCUT2D eigenvalue weighted by Crippen LogP contribution is 2.26. The first-order valence-electron chi connectivity index (χ1n) is 10.0. The monoisotopic (exact) mass is 458 g/mol. The highest BCUT2D eigenvalue weighted by molar-refractivity contribution is 9.10. The van der Waals surface area contributed by atoms with Crippen molar-refractivity contribution in [3.05, 3.63) is 58.1 Å². The normalized spacial score (nSPS) is 14.7. The maximum atomic E-state index is 12.8. The van der Waals surface area contributed by atoms with E-state index in [1.807, 2.05) is 24.8 Å². The van der Waals surface area contributed by atoms with Crippen molar-refractivity contribution in [2.75, 3.05) is 18.4 Å². The topological polar surface area (TPSA) is 58.6 Å². The van der Waals surface area contributed by atoms with Gasteiger partial charge >= 0.3 is 0 Å². The van der Waals surface area contributed by atoms with E-state index >= 15 is 0 Å². The molecule has 29 heavy (non-hydrogen) atoms. The van der Waals surface area contributed by atoms with E-state index < -0.39 is 0 Å². The molecule has 0 aromatic heterocycles. The summed E-state index contributed by atoms with van der Waals surface area (Å²) in [6, 6.07) is 12.4. The van der Waals surface area contributed by atoms with Crippen LogP contribution in [0.15, 0.2) is 46.9 Å². The maximum Gasteiger partial charge on any atom is 0.259 e. The third-order valence-corrected chi connectivity index (χ3v) is 5.50. The van der Waals surface area contributed by atoms with Crippen molar-refractivity contribution in [1.29, 1.82) is 0 Å². The zero-order valence-electron chi connectivity index (χ0n) is 17.1. The van der Waals surface area contributed by atoms with Crippen molar-refractivity contribution in [2.24, 2.45) is 5.92 Å². The van der Waals surface area contributed by atoms with Gasteiger partial charge in [0, 0.05) is 28.8 Å². The maximum absolute atomic E-state index is 12.8. The number of nitrogens with one attached hydrogen (secondary N) is 1. The molecule has 1 aliphatic rings. The lowest BCUT2D eigenvalue weighted by atomic mass is 9.98. The molecule has 0 aliphatic carbocycles. The molecule has 2 aromatic rings. The third kappa shape index (κ3) is 5.60. The van der Waals surface area contributed by atoms with Crippen molar-refractivity contribution < 1.29 is 14.3 Å². The Morgan fingerprint density at radius 3 is 2.38 bits per heavy atom. The molecule has 0 bridgehead atoms. The van der Waals surface area contributed by atoms with Crippen LogP contribution in [0.25, 0.3) is 0 Å². The van der Waals surface area contributed by atoms with E-state index in [2.05, 4.69) is 28.2 Å². The summed E-state index contributed by atoms with van der Waals surface area (Å²) in [7, 11) is 0. The Balaban J connectivity index is 1.69. The molecule has 1 fully saturated rings. The smallest absolute Gasteiger partial charge is 0.259 e.